The number of hydrogen-bond donors (Lipinski definition) is 2. The molecule has 0 spiro atoms. The van der Waals surface area contributed by atoms with Crippen LogP contribution in [-0.4, -0.2) is 41.5 Å². The Balaban J connectivity index is 4.56. The minimum Gasteiger partial charge on any atom is -0.272 e. The highest BCUT2D eigenvalue weighted by Crippen LogP contribution is 1.99. The topological polar surface area (TPSA) is 102 Å². The summed E-state index contributed by atoms with van der Waals surface area (Å²) in [6, 6.07) is 1.75. The van der Waals surface area contributed by atoms with Crippen LogP contribution in [-0.2, 0) is 9.59 Å². The number of carbonyl (C=O) groups excluding carboxylic acids is 2. The quantitative estimate of drug-likeness (QED) is 0.515. The van der Waals surface area contributed by atoms with E-state index in [1.54, 1.807) is 6.07 Å². The largest absolute Gasteiger partial charge is 0.272 e. The van der Waals surface area contributed by atoms with E-state index in [2.05, 4.69) is 5.43 Å². The number of hydrogen-bond acceptors (Lipinski definition) is 5. The lowest BCUT2D eigenvalue weighted by Gasteiger charge is -2.27. The van der Waals surface area contributed by atoms with Crippen LogP contribution in [0, 0.1) is 23.2 Å². The molecule has 0 rings (SSSR count). The first kappa shape index (κ1) is 18.4. The van der Waals surface area contributed by atoms with Crippen molar-refractivity contribution in [2.24, 2.45) is 17.7 Å². The SMILES string of the molecule is CC(C)CN(N)CC(=O)N(CC(C)C)NC(=O)CC#N. The zero-order chi connectivity index (χ0) is 15.7. The summed E-state index contributed by atoms with van der Waals surface area (Å²) in [6.07, 6.45) is -0.278. The molecule has 0 aromatic carbocycles. The first-order valence-corrected chi connectivity index (χ1v) is 6.72. The van der Waals surface area contributed by atoms with E-state index in [9.17, 15) is 9.59 Å². The molecule has 7 nitrogen and oxygen atoms in total. The Labute approximate surface area is 120 Å². The van der Waals surface area contributed by atoms with Crippen LogP contribution in [0.3, 0.4) is 0 Å². The molecular weight excluding hydrogens is 258 g/mol. The van der Waals surface area contributed by atoms with Gasteiger partial charge in [0, 0.05) is 13.1 Å². The zero-order valence-corrected chi connectivity index (χ0v) is 12.7. The van der Waals surface area contributed by atoms with Gasteiger partial charge in [-0.05, 0) is 11.8 Å². The third-order valence-corrected chi connectivity index (χ3v) is 2.29. The lowest BCUT2D eigenvalue weighted by molar-refractivity contribution is -0.142. The number of hydrazine groups is 2. The molecule has 2 amide bonds. The molecule has 0 aliphatic rings. The average Bonchev–Trinajstić information content (AvgIpc) is 2.26. The molecule has 0 atom stereocenters. The summed E-state index contributed by atoms with van der Waals surface area (Å²) in [5.74, 6) is 5.52. The van der Waals surface area contributed by atoms with E-state index in [4.69, 9.17) is 11.1 Å². The van der Waals surface area contributed by atoms with Crippen LogP contribution in [0.15, 0.2) is 0 Å². The molecule has 0 aromatic rings. The Hall–Kier alpha value is -1.65. The number of nitrogens with two attached hydrogens (primary N) is 1. The van der Waals surface area contributed by atoms with Crippen LogP contribution < -0.4 is 11.3 Å². The minimum atomic E-state index is -0.492. The predicted octanol–water partition coefficient (Wildman–Crippen LogP) is 0.248. The molecule has 0 radical (unpaired) electrons. The minimum absolute atomic E-state index is 0.0255. The fraction of sp³-hybridized carbons (Fsp3) is 0.769. The van der Waals surface area contributed by atoms with Crippen LogP contribution in [0.1, 0.15) is 34.1 Å². The molecule has 0 heterocycles. The number of amides is 2. The second kappa shape index (κ2) is 9.28. The molecule has 0 aromatic heterocycles. The van der Waals surface area contributed by atoms with Gasteiger partial charge in [-0.1, -0.05) is 27.7 Å². The standard InChI is InChI=1S/C13H25N5O2/c1-10(2)7-17(15)9-13(20)18(8-11(3)4)16-12(19)5-6-14/h10-11H,5,7-9,15H2,1-4H3,(H,16,19). The molecule has 0 fully saturated rings. The smallest absolute Gasteiger partial charge is 0.256 e. The second-order valence-corrected chi connectivity index (χ2v) is 5.59. The predicted molar refractivity (Wildman–Crippen MR) is 75.5 cm³/mol. The Morgan fingerprint density at radius 3 is 2.20 bits per heavy atom. The Morgan fingerprint density at radius 1 is 1.20 bits per heavy atom. The van der Waals surface area contributed by atoms with E-state index in [-0.39, 0.29) is 24.8 Å². The van der Waals surface area contributed by atoms with Crippen molar-refractivity contribution in [1.29, 1.82) is 5.26 Å². The summed E-state index contributed by atoms with van der Waals surface area (Å²) in [6.45, 7) is 8.88. The second-order valence-electron chi connectivity index (χ2n) is 5.59. The van der Waals surface area contributed by atoms with Crippen molar-refractivity contribution >= 4 is 11.8 Å². The molecule has 0 saturated carbocycles. The van der Waals surface area contributed by atoms with Crippen LogP contribution in [0.2, 0.25) is 0 Å². The van der Waals surface area contributed by atoms with Gasteiger partial charge in [0.1, 0.15) is 6.42 Å². The Kier molecular flexibility index (Phi) is 8.52. The molecule has 20 heavy (non-hydrogen) atoms. The summed E-state index contributed by atoms with van der Waals surface area (Å²) in [7, 11) is 0. The van der Waals surface area contributed by atoms with Gasteiger partial charge < -0.3 is 0 Å². The number of nitrogens with one attached hydrogen (secondary N) is 1. The molecule has 0 saturated heterocycles. The van der Waals surface area contributed by atoms with Gasteiger partial charge in [-0.25, -0.2) is 5.01 Å². The molecule has 3 N–H and O–H groups in total. The normalized spacial score (nSPS) is 10.8. The highest BCUT2D eigenvalue weighted by molar-refractivity contribution is 5.84. The molecule has 0 aliphatic heterocycles. The van der Waals surface area contributed by atoms with E-state index in [0.717, 1.165) is 0 Å². The van der Waals surface area contributed by atoms with E-state index in [1.807, 2.05) is 27.7 Å². The first-order valence-electron chi connectivity index (χ1n) is 6.72. The Bertz CT molecular complexity index is 362. The maximum atomic E-state index is 12.1. The van der Waals surface area contributed by atoms with Crippen molar-refractivity contribution < 1.29 is 9.59 Å². The van der Waals surface area contributed by atoms with Crippen molar-refractivity contribution in [1.82, 2.24) is 15.4 Å². The fourth-order valence-electron chi connectivity index (χ4n) is 1.63. The van der Waals surface area contributed by atoms with Gasteiger partial charge in [0.25, 0.3) is 11.8 Å². The molecule has 0 unspecified atom stereocenters. The highest BCUT2D eigenvalue weighted by atomic mass is 16.2. The molecule has 0 bridgehead atoms. The fourth-order valence-corrected chi connectivity index (χ4v) is 1.63. The zero-order valence-electron chi connectivity index (χ0n) is 12.7. The number of carbonyl (C=O) groups is 2. The van der Waals surface area contributed by atoms with Gasteiger partial charge in [0.05, 0.1) is 12.6 Å². The maximum Gasteiger partial charge on any atom is 0.256 e. The van der Waals surface area contributed by atoms with Crippen LogP contribution in [0.25, 0.3) is 0 Å². The molecule has 0 aliphatic carbocycles. The van der Waals surface area contributed by atoms with Gasteiger partial charge in [0.2, 0.25) is 0 Å². The van der Waals surface area contributed by atoms with E-state index < -0.39 is 5.91 Å². The van der Waals surface area contributed by atoms with Gasteiger partial charge in [-0.3, -0.25) is 25.9 Å². The van der Waals surface area contributed by atoms with E-state index >= 15 is 0 Å². The highest BCUT2D eigenvalue weighted by Gasteiger charge is 2.19. The van der Waals surface area contributed by atoms with Crippen LogP contribution >= 0.6 is 0 Å². The van der Waals surface area contributed by atoms with Crippen molar-refractivity contribution in [3.8, 4) is 6.07 Å². The van der Waals surface area contributed by atoms with Crippen LogP contribution in [0.5, 0.6) is 0 Å². The monoisotopic (exact) mass is 283 g/mol. The lowest BCUT2D eigenvalue weighted by atomic mass is 10.2. The number of nitrogens with zero attached hydrogens (tertiary/aromatic N) is 3. The Morgan fingerprint density at radius 2 is 1.75 bits per heavy atom. The third kappa shape index (κ3) is 8.45. The summed E-state index contributed by atoms with van der Waals surface area (Å²) in [5, 5.41) is 11.1. The summed E-state index contributed by atoms with van der Waals surface area (Å²) in [5.41, 5.74) is 2.45. The van der Waals surface area contributed by atoms with Gasteiger partial charge in [-0.2, -0.15) is 5.26 Å². The van der Waals surface area contributed by atoms with Crippen molar-refractivity contribution in [2.45, 2.75) is 34.1 Å². The summed E-state index contributed by atoms with van der Waals surface area (Å²) < 4.78 is 0. The third-order valence-electron chi connectivity index (χ3n) is 2.29. The van der Waals surface area contributed by atoms with Gasteiger partial charge in [-0.15, -0.1) is 0 Å². The van der Waals surface area contributed by atoms with E-state index in [1.165, 1.54) is 10.0 Å². The van der Waals surface area contributed by atoms with Crippen molar-refractivity contribution in [3.05, 3.63) is 0 Å². The van der Waals surface area contributed by atoms with Crippen molar-refractivity contribution in [2.75, 3.05) is 19.6 Å². The first-order chi connectivity index (χ1) is 9.26. The van der Waals surface area contributed by atoms with E-state index in [0.29, 0.717) is 19.0 Å². The molecule has 114 valence electrons. The summed E-state index contributed by atoms with van der Waals surface area (Å²) >= 11 is 0. The van der Waals surface area contributed by atoms with Gasteiger partial charge >= 0.3 is 0 Å². The van der Waals surface area contributed by atoms with Gasteiger partial charge in [0.15, 0.2) is 0 Å². The molecule has 7 heteroatoms. The summed E-state index contributed by atoms with van der Waals surface area (Å²) in [4.78, 5) is 23.5. The maximum absolute atomic E-state index is 12.1. The number of nitriles is 1. The lowest BCUT2D eigenvalue weighted by Crippen LogP contribution is -2.52. The van der Waals surface area contributed by atoms with Crippen molar-refractivity contribution in [3.63, 3.8) is 0 Å². The average molecular weight is 283 g/mol. The van der Waals surface area contributed by atoms with Crippen LogP contribution in [0.4, 0.5) is 0 Å². The molecular formula is C13H25N5O2. The number of rotatable bonds is 7.